The van der Waals surface area contributed by atoms with E-state index in [1.165, 1.54) is 0 Å². The van der Waals surface area contributed by atoms with Crippen LogP contribution in [-0.2, 0) is 9.22 Å². The van der Waals surface area contributed by atoms with Crippen molar-refractivity contribution in [2.75, 3.05) is 6.54 Å². The third-order valence-corrected chi connectivity index (χ3v) is 22.0. The molecule has 30 heavy (non-hydrogen) atoms. The second-order valence-electron chi connectivity index (χ2n) is 13.7. The quantitative estimate of drug-likeness (QED) is 0.282. The van der Waals surface area contributed by atoms with Gasteiger partial charge in [0.1, 0.15) is 16.5 Å². The van der Waals surface area contributed by atoms with E-state index in [0.29, 0.717) is 5.04 Å². The second kappa shape index (κ2) is 9.89. The van der Waals surface area contributed by atoms with E-state index in [2.05, 4.69) is 112 Å². The van der Waals surface area contributed by atoms with Crippen LogP contribution in [0.25, 0.3) is 0 Å². The van der Waals surface area contributed by atoms with Crippen LogP contribution in [0.3, 0.4) is 0 Å². The zero-order valence-corrected chi connectivity index (χ0v) is 26.0. The molecule has 0 unspecified atom stereocenters. The molecule has 0 heterocycles. The fourth-order valence-corrected chi connectivity index (χ4v) is 6.20. The molecule has 0 saturated heterocycles. The summed E-state index contributed by atoms with van der Waals surface area (Å²) >= 11 is 0. The fraction of sp³-hybridized carbons (Fsp3) is 0.957. The molecule has 0 rings (SSSR count). The van der Waals surface area contributed by atoms with Crippen molar-refractivity contribution in [2.24, 2.45) is 0 Å². The molecule has 2 N–H and O–H groups in total. The number of nitrogens with one attached hydrogen (secondary N) is 2. The van der Waals surface area contributed by atoms with Crippen LogP contribution in [0.15, 0.2) is 0 Å². The van der Waals surface area contributed by atoms with Crippen molar-refractivity contribution in [3.05, 3.63) is 0 Å². The summed E-state index contributed by atoms with van der Waals surface area (Å²) in [6, 6.07) is -0.221. The summed E-state index contributed by atoms with van der Waals surface area (Å²) in [5.41, 5.74) is 0. The third-order valence-electron chi connectivity index (χ3n) is 7.97. The van der Waals surface area contributed by atoms with Gasteiger partial charge in [-0.1, -0.05) is 88.5 Å². The van der Waals surface area contributed by atoms with Crippen LogP contribution in [0.2, 0.25) is 54.4 Å². The molecule has 0 radical (unpaired) electrons. The van der Waals surface area contributed by atoms with Crippen LogP contribution in [0.4, 0.5) is 0 Å². The summed E-state index contributed by atoms with van der Waals surface area (Å²) in [5, 5.41) is 0.503. The van der Waals surface area contributed by atoms with Gasteiger partial charge in [0, 0.05) is 0 Å². The van der Waals surface area contributed by atoms with Crippen LogP contribution in [0, 0.1) is 0 Å². The lowest BCUT2D eigenvalue weighted by molar-refractivity contribution is -0.137. The minimum Gasteiger partial charge on any atom is -0.518 e. The molecule has 7 heteroatoms. The maximum atomic E-state index is 13.3. The first-order valence-electron chi connectivity index (χ1n) is 11.7. The van der Waals surface area contributed by atoms with Gasteiger partial charge in [0.25, 0.3) is 8.32 Å². The van der Waals surface area contributed by atoms with Crippen LogP contribution in [0.1, 0.15) is 75.2 Å². The summed E-state index contributed by atoms with van der Waals surface area (Å²) in [7, 11) is -5.48. The van der Waals surface area contributed by atoms with Crippen LogP contribution < -0.4 is 9.96 Å². The maximum absolute atomic E-state index is 13.3. The molecule has 0 bridgehead atoms. The molecule has 0 aliphatic carbocycles. The molecule has 0 fully saturated rings. The summed E-state index contributed by atoms with van der Waals surface area (Å²) in [6.45, 7) is 35.1. The van der Waals surface area contributed by atoms with Gasteiger partial charge < -0.3 is 14.4 Å². The smallest absolute Gasteiger partial charge is 0.309 e. The SMILES string of the molecule is CC(C)(C)[Si](C)(C)NCCC[C@H](N[Si](C)(C)C(C)(C)C)C(=O)O[Si](C)(C)C(C)(C)C. The molecular weight excluding hydrogens is 421 g/mol. The molecule has 0 aromatic rings. The first kappa shape index (κ1) is 30.0. The average Bonchev–Trinajstić information content (AvgIpc) is 2.46. The summed E-state index contributed by atoms with van der Waals surface area (Å²) < 4.78 is 6.22. The van der Waals surface area contributed by atoms with Crippen molar-refractivity contribution >= 4 is 30.8 Å². The lowest BCUT2D eigenvalue weighted by atomic mass is 10.2. The monoisotopic (exact) mass is 474 g/mol. The normalized spacial score (nSPS) is 15.8. The number of rotatable bonds is 9. The van der Waals surface area contributed by atoms with Crippen molar-refractivity contribution in [3.8, 4) is 0 Å². The second-order valence-corrected chi connectivity index (χ2v) is 28.6. The first-order valence-corrected chi connectivity index (χ1v) is 20.6. The van der Waals surface area contributed by atoms with E-state index in [1.54, 1.807) is 0 Å². The molecule has 0 aromatic heterocycles. The summed E-state index contributed by atoms with van der Waals surface area (Å²) in [6.07, 6.45) is 1.80. The Labute approximate surface area is 192 Å². The Morgan fingerprint density at radius 2 is 1.20 bits per heavy atom. The summed E-state index contributed by atoms with van der Waals surface area (Å²) in [5.74, 6) is -0.0428. The van der Waals surface area contributed by atoms with Gasteiger partial charge in [-0.05, 0) is 47.6 Å². The van der Waals surface area contributed by atoms with E-state index >= 15 is 0 Å². The Hall–Kier alpha value is 0.0406. The van der Waals surface area contributed by atoms with E-state index in [0.717, 1.165) is 19.4 Å². The predicted octanol–water partition coefficient (Wildman–Crippen LogP) is 6.87. The number of carbonyl (C=O) groups excluding carboxylic acids is 1. The third kappa shape index (κ3) is 8.53. The molecule has 180 valence electrons. The van der Waals surface area contributed by atoms with E-state index in [4.69, 9.17) is 4.43 Å². The zero-order chi connectivity index (χ0) is 24.4. The van der Waals surface area contributed by atoms with Crippen molar-refractivity contribution < 1.29 is 9.22 Å². The van der Waals surface area contributed by atoms with Crippen LogP contribution in [0.5, 0.6) is 0 Å². The van der Waals surface area contributed by atoms with Gasteiger partial charge >= 0.3 is 5.97 Å². The van der Waals surface area contributed by atoms with Gasteiger partial charge in [-0.3, -0.25) is 4.79 Å². The van der Waals surface area contributed by atoms with Gasteiger partial charge in [-0.25, -0.2) is 0 Å². The molecule has 0 aromatic carbocycles. The molecule has 0 aliphatic heterocycles. The van der Waals surface area contributed by atoms with Crippen molar-refractivity contribution in [2.45, 2.75) is 136 Å². The van der Waals surface area contributed by atoms with Crippen molar-refractivity contribution in [1.82, 2.24) is 9.96 Å². The van der Waals surface area contributed by atoms with Crippen molar-refractivity contribution in [3.63, 3.8) is 0 Å². The highest BCUT2D eigenvalue weighted by Gasteiger charge is 2.44. The fourth-order valence-electron chi connectivity index (χ4n) is 2.35. The van der Waals surface area contributed by atoms with Gasteiger partial charge in [-0.2, -0.15) is 0 Å². The molecule has 0 saturated carbocycles. The minimum atomic E-state index is -2.14. The summed E-state index contributed by atoms with van der Waals surface area (Å²) in [4.78, 5) is 21.0. The lowest BCUT2D eigenvalue weighted by Crippen LogP contribution is -2.60. The van der Waals surface area contributed by atoms with Crippen molar-refractivity contribution in [1.29, 1.82) is 0 Å². The maximum Gasteiger partial charge on any atom is 0.309 e. The standard InChI is InChI=1S/C23H54N2O2Si3/c1-21(2,3)28(10,11)24-18-16-17-19(25-29(12,13)22(4,5)6)20(26)27-30(14,15)23(7,8)9/h19,24-25H,16-18H2,1-15H3/t19-/m0/s1. The Kier molecular flexibility index (Phi) is 9.91. The Balaban J connectivity index is 5.35. The Bertz CT molecular complexity index is 568. The molecule has 4 nitrogen and oxygen atoms in total. The minimum absolute atomic E-state index is 0.0219. The lowest BCUT2D eigenvalue weighted by Gasteiger charge is -2.42. The topological polar surface area (TPSA) is 50.4 Å². The largest absolute Gasteiger partial charge is 0.518 e. The zero-order valence-electron chi connectivity index (χ0n) is 23.0. The Morgan fingerprint density at radius 1 is 0.767 bits per heavy atom. The van der Waals surface area contributed by atoms with E-state index in [9.17, 15) is 4.79 Å². The van der Waals surface area contributed by atoms with Gasteiger partial charge in [0.15, 0.2) is 0 Å². The first-order chi connectivity index (χ1) is 12.9. The molecule has 1 atom stereocenters. The molecule has 0 amide bonds. The highest BCUT2D eigenvalue weighted by Crippen LogP contribution is 2.38. The highest BCUT2D eigenvalue weighted by atomic mass is 28.4. The average molecular weight is 475 g/mol. The predicted molar refractivity (Wildman–Crippen MR) is 142 cm³/mol. The van der Waals surface area contributed by atoms with Gasteiger partial charge in [0.05, 0.1) is 6.04 Å². The number of hydrogen-bond acceptors (Lipinski definition) is 4. The molecule has 0 aliphatic rings. The van der Waals surface area contributed by atoms with Crippen LogP contribution >= 0.6 is 0 Å². The number of hydrogen-bond donors (Lipinski definition) is 2. The van der Waals surface area contributed by atoms with E-state index in [-0.39, 0.29) is 22.1 Å². The van der Waals surface area contributed by atoms with Gasteiger partial charge in [-0.15, -0.1) is 0 Å². The number of carbonyl (C=O) groups is 1. The Morgan fingerprint density at radius 3 is 1.57 bits per heavy atom. The molecular formula is C23H54N2O2Si3. The van der Waals surface area contributed by atoms with E-state index in [1.807, 2.05) is 0 Å². The van der Waals surface area contributed by atoms with Gasteiger partial charge in [0.2, 0.25) is 0 Å². The highest BCUT2D eigenvalue weighted by molar-refractivity contribution is 6.78. The van der Waals surface area contributed by atoms with E-state index < -0.39 is 24.8 Å². The van der Waals surface area contributed by atoms with Crippen LogP contribution in [-0.4, -0.2) is 43.3 Å². The molecule has 0 spiro atoms.